The van der Waals surface area contributed by atoms with E-state index >= 15 is 0 Å². The van der Waals surface area contributed by atoms with E-state index in [2.05, 4.69) is 66.1 Å². The minimum absolute atomic E-state index is 0.802. The van der Waals surface area contributed by atoms with E-state index in [-0.39, 0.29) is 0 Å². The van der Waals surface area contributed by atoms with E-state index in [1.807, 2.05) is 6.20 Å². The molecule has 0 spiro atoms. The monoisotopic (exact) mass is 342 g/mol. The van der Waals surface area contributed by atoms with Gasteiger partial charge in [-0.25, -0.2) is 9.97 Å². The standard InChI is InChI=1S/C11H18N2.C10H16N2/c1-8(2)10-4-5-11-12-9(3)6-13(11)7-10;1-8(2)9-3-4-10-11-5-6-12(10)7-9/h6,8,10H,4-5,7H2,1-3H3;5-6,8-9H,3-4,7H2,1-2H3. The Kier molecular flexibility index (Phi) is 5.65. The molecule has 2 aromatic rings. The fraction of sp³-hybridized carbons (Fsp3) is 0.714. The van der Waals surface area contributed by atoms with Crippen LogP contribution in [0, 0.1) is 30.6 Å². The van der Waals surface area contributed by atoms with Crippen molar-refractivity contribution in [3.63, 3.8) is 0 Å². The van der Waals surface area contributed by atoms with E-state index < -0.39 is 0 Å². The number of hydrogen-bond acceptors (Lipinski definition) is 2. The van der Waals surface area contributed by atoms with Crippen LogP contribution in [0.1, 0.15) is 57.9 Å². The Hall–Kier alpha value is -1.58. The van der Waals surface area contributed by atoms with Crippen LogP contribution in [0.15, 0.2) is 18.6 Å². The molecule has 138 valence electrons. The van der Waals surface area contributed by atoms with Gasteiger partial charge in [-0.1, -0.05) is 27.7 Å². The summed E-state index contributed by atoms with van der Waals surface area (Å²) in [5, 5.41) is 0. The Morgan fingerprint density at radius 3 is 2.16 bits per heavy atom. The average Bonchev–Trinajstić information content (AvgIpc) is 3.18. The van der Waals surface area contributed by atoms with Crippen molar-refractivity contribution < 1.29 is 0 Å². The Balaban J connectivity index is 0.000000146. The van der Waals surface area contributed by atoms with Gasteiger partial charge in [-0.3, -0.25) is 0 Å². The van der Waals surface area contributed by atoms with E-state index in [1.165, 1.54) is 43.3 Å². The molecule has 0 saturated heterocycles. The molecule has 4 heteroatoms. The second-order valence-electron chi connectivity index (χ2n) is 8.53. The lowest BCUT2D eigenvalue weighted by Crippen LogP contribution is -2.23. The molecule has 0 N–H and O–H groups in total. The van der Waals surface area contributed by atoms with Crippen molar-refractivity contribution in [1.82, 2.24) is 19.1 Å². The molecule has 4 nitrogen and oxygen atoms in total. The summed E-state index contributed by atoms with van der Waals surface area (Å²) in [4.78, 5) is 8.82. The van der Waals surface area contributed by atoms with Crippen LogP contribution in [-0.4, -0.2) is 19.1 Å². The number of aromatic nitrogens is 4. The summed E-state index contributed by atoms with van der Waals surface area (Å²) in [5.41, 5.74) is 1.17. The lowest BCUT2D eigenvalue weighted by Gasteiger charge is -2.26. The first-order chi connectivity index (χ1) is 11.9. The normalized spacial score (nSPS) is 22.4. The lowest BCUT2D eigenvalue weighted by atomic mass is 9.89. The summed E-state index contributed by atoms with van der Waals surface area (Å²) >= 11 is 0. The van der Waals surface area contributed by atoms with Gasteiger partial charge in [0.05, 0.1) is 5.69 Å². The second-order valence-corrected chi connectivity index (χ2v) is 8.53. The predicted molar refractivity (Wildman–Crippen MR) is 102 cm³/mol. The van der Waals surface area contributed by atoms with Gasteiger partial charge in [-0.05, 0) is 43.4 Å². The highest BCUT2D eigenvalue weighted by atomic mass is 15.1. The topological polar surface area (TPSA) is 35.6 Å². The van der Waals surface area contributed by atoms with Crippen LogP contribution >= 0.6 is 0 Å². The lowest BCUT2D eigenvalue weighted by molar-refractivity contribution is 0.282. The molecule has 0 aromatic carbocycles. The van der Waals surface area contributed by atoms with Gasteiger partial charge in [-0.2, -0.15) is 0 Å². The number of imidazole rings is 2. The van der Waals surface area contributed by atoms with Crippen LogP contribution in [0.2, 0.25) is 0 Å². The summed E-state index contributed by atoms with van der Waals surface area (Å²) in [5.74, 6) is 5.87. The molecule has 4 heterocycles. The van der Waals surface area contributed by atoms with Crippen molar-refractivity contribution in [3.8, 4) is 0 Å². The number of nitrogens with zero attached hydrogens (tertiary/aromatic N) is 4. The Morgan fingerprint density at radius 2 is 1.52 bits per heavy atom. The minimum atomic E-state index is 0.802. The van der Waals surface area contributed by atoms with Gasteiger partial charge in [0.25, 0.3) is 0 Å². The third-order valence-corrected chi connectivity index (χ3v) is 6.01. The highest BCUT2D eigenvalue weighted by Crippen LogP contribution is 2.26. The van der Waals surface area contributed by atoms with Crippen molar-refractivity contribution in [2.24, 2.45) is 23.7 Å². The molecule has 2 atom stereocenters. The van der Waals surface area contributed by atoms with Gasteiger partial charge in [0.2, 0.25) is 0 Å². The molecule has 0 radical (unpaired) electrons. The smallest absolute Gasteiger partial charge is 0.108 e. The molecule has 0 bridgehead atoms. The summed E-state index contributed by atoms with van der Waals surface area (Å²) < 4.78 is 4.64. The zero-order valence-electron chi connectivity index (χ0n) is 16.6. The van der Waals surface area contributed by atoms with E-state index in [0.29, 0.717) is 0 Å². The predicted octanol–water partition coefficient (Wildman–Crippen LogP) is 4.51. The van der Waals surface area contributed by atoms with E-state index in [4.69, 9.17) is 0 Å². The molecule has 0 saturated carbocycles. The van der Waals surface area contributed by atoms with Gasteiger partial charge >= 0.3 is 0 Å². The first-order valence-corrected chi connectivity index (χ1v) is 9.96. The fourth-order valence-electron chi connectivity index (χ4n) is 4.09. The summed E-state index contributed by atoms with van der Waals surface area (Å²) in [7, 11) is 0. The third kappa shape index (κ3) is 4.34. The number of aryl methyl sites for hydroxylation is 3. The average molecular weight is 343 g/mol. The van der Waals surface area contributed by atoms with Gasteiger partial charge in [0, 0.05) is 44.5 Å². The first kappa shape index (κ1) is 18.2. The quantitative estimate of drug-likeness (QED) is 0.805. The molecular weight excluding hydrogens is 308 g/mol. The van der Waals surface area contributed by atoms with Gasteiger partial charge in [-0.15, -0.1) is 0 Å². The molecule has 0 aliphatic carbocycles. The van der Waals surface area contributed by atoms with Gasteiger partial charge in [0.15, 0.2) is 0 Å². The SMILES string of the molecule is CC(C)C1CCc2nccn2C1.Cc1cn2c(n1)CCC(C(C)C)C2. The molecular formula is C21H34N4. The maximum absolute atomic E-state index is 4.51. The zero-order valence-corrected chi connectivity index (χ0v) is 16.6. The maximum Gasteiger partial charge on any atom is 0.108 e. The Labute approximate surface area is 152 Å². The fourth-order valence-corrected chi connectivity index (χ4v) is 4.09. The van der Waals surface area contributed by atoms with Gasteiger partial charge in [0.1, 0.15) is 11.6 Å². The van der Waals surface area contributed by atoms with E-state index in [1.54, 1.807) is 0 Å². The molecule has 2 aliphatic rings. The molecule has 25 heavy (non-hydrogen) atoms. The van der Waals surface area contributed by atoms with E-state index in [0.717, 1.165) is 36.5 Å². The van der Waals surface area contributed by atoms with Crippen molar-refractivity contribution in [1.29, 1.82) is 0 Å². The molecule has 2 aromatic heterocycles. The molecule has 2 aliphatic heterocycles. The molecule has 2 unspecified atom stereocenters. The summed E-state index contributed by atoms with van der Waals surface area (Å²) in [6.45, 7) is 13.7. The van der Waals surface area contributed by atoms with Crippen molar-refractivity contribution >= 4 is 0 Å². The summed E-state index contributed by atoms with van der Waals surface area (Å²) in [6, 6.07) is 0. The first-order valence-electron chi connectivity index (χ1n) is 9.96. The Morgan fingerprint density at radius 1 is 0.920 bits per heavy atom. The minimum Gasteiger partial charge on any atom is -0.335 e. The number of rotatable bonds is 2. The Bertz CT molecular complexity index is 680. The molecule has 0 amide bonds. The largest absolute Gasteiger partial charge is 0.335 e. The van der Waals surface area contributed by atoms with Crippen LogP contribution in [0.4, 0.5) is 0 Å². The van der Waals surface area contributed by atoms with Crippen molar-refractivity contribution in [2.75, 3.05) is 0 Å². The zero-order chi connectivity index (χ0) is 18.0. The van der Waals surface area contributed by atoms with Crippen LogP contribution in [0.25, 0.3) is 0 Å². The van der Waals surface area contributed by atoms with Crippen LogP contribution in [0.5, 0.6) is 0 Å². The highest BCUT2D eigenvalue weighted by Gasteiger charge is 2.22. The second kappa shape index (κ2) is 7.76. The van der Waals surface area contributed by atoms with Crippen molar-refractivity contribution in [2.45, 2.75) is 73.4 Å². The maximum atomic E-state index is 4.51. The van der Waals surface area contributed by atoms with Crippen LogP contribution in [-0.2, 0) is 25.9 Å². The van der Waals surface area contributed by atoms with Crippen LogP contribution in [0.3, 0.4) is 0 Å². The number of hydrogen-bond donors (Lipinski definition) is 0. The summed E-state index contributed by atoms with van der Waals surface area (Å²) in [6.07, 6.45) is 11.2. The number of fused-ring (bicyclic) bond motifs is 2. The third-order valence-electron chi connectivity index (χ3n) is 6.01. The molecule has 0 fully saturated rings. The molecule has 4 rings (SSSR count). The van der Waals surface area contributed by atoms with Gasteiger partial charge < -0.3 is 9.13 Å². The van der Waals surface area contributed by atoms with E-state index in [9.17, 15) is 0 Å². The highest BCUT2D eigenvalue weighted by molar-refractivity contribution is 5.05. The van der Waals surface area contributed by atoms with Crippen LogP contribution < -0.4 is 0 Å². The van der Waals surface area contributed by atoms with Crippen molar-refractivity contribution in [3.05, 3.63) is 35.9 Å².